The Labute approximate surface area is 127 Å². The normalized spacial score (nSPS) is 16.5. The summed E-state index contributed by atoms with van der Waals surface area (Å²) < 4.78 is 26.7. The molecule has 0 spiro atoms. The zero-order valence-corrected chi connectivity index (χ0v) is 12.1. The Balaban J connectivity index is 1.73. The first-order chi connectivity index (χ1) is 10.5. The van der Waals surface area contributed by atoms with Crippen molar-refractivity contribution in [2.24, 2.45) is 0 Å². The van der Waals surface area contributed by atoms with Gasteiger partial charge in [-0.1, -0.05) is 18.2 Å². The SMILES string of the molecule is C[C@H]1Cc2ccccc2N1CC(=O)Nc1cc(F)ccc1F. The van der Waals surface area contributed by atoms with Crippen LogP contribution >= 0.6 is 0 Å². The van der Waals surface area contributed by atoms with Gasteiger partial charge < -0.3 is 10.2 Å². The fourth-order valence-corrected chi connectivity index (χ4v) is 2.81. The Kier molecular flexibility index (Phi) is 3.79. The number of benzene rings is 2. The molecule has 1 aliphatic heterocycles. The van der Waals surface area contributed by atoms with Gasteiger partial charge in [-0.3, -0.25) is 4.79 Å². The van der Waals surface area contributed by atoms with Crippen LogP contribution in [0.1, 0.15) is 12.5 Å². The highest BCUT2D eigenvalue weighted by molar-refractivity contribution is 5.94. The molecular weight excluding hydrogens is 286 g/mol. The number of para-hydroxylation sites is 1. The maximum Gasteiger partial charge on any atom is 0.243 e. The van der Waals surface area contributed by atoms with Gasteiger partial charge in [-0.05, 0) is 37.1 Å². The number of halogens is 2. The smallest absolute Gasteiger partial charge is 0.243 e. The van der Waals surface area contributed by atoms with Gasteiger partial charge in [-0.15, -0.1) is 0 Å². The Morgan fingerprint density at radius 2 is 2.05 bits per heavy atom. The quantitative estimate of drug-likeness (QED) is 0.943. The van der Waals surface area contributed by atoms with Crippen LogP contribution in [0.3, 0.4) is 0 Å². The van der Waals surface area contributed by atoms with Crippen molar-refractivity contribution in [1.82, 2.24) is 0 Å². The standard InChI is InChI=1S/C17H16F2N2O/c1-11-8-12-4-2-3-5-16(12)21(11)10-17(22)20-15-9-13(18)6-7-14(15)19/h2-7,9,11H,8,10H2,1H3,(H,20,22)/t11-/m0/s1. The van der Waals surface area contributed by atoms with E-state index in [1.807, 2.05) is 36.1 Å². The molecule has 2 aromatic carbocycles. The first kappa shape index (κ1) is 14.5. The van der Waals surface area contributed by atoms with E-state index in [2.05, 4.69) is 5.32 Å². The van der Waals surface area contributed by atoms with Gasteiger partial charge in [0, 0.05) is 17.8 Å². The lowest BCUT2D eigenvalue weighted by atomic mass is 10.1. The highest BCUT2D eigenvalue weighted by Gasteiger charge is 2.27. The van der Waals surface area contributed by atoms with Crippen molar-refractivity contribution >= 4 is 17.3 Å². The molecule has 0 radical (unpaired) electrons. The van der Waals surface area contributed by atoms with E-state index < -0.39 is 11.6 Å². The van der Waals surface area contributed by atoms with Crippen molar-refractivity contribution in [3.63, 3.8) is 0 Å². The van der Waals surface area contributed by atoms with Crippen molar-refractivity contribution in [1.29, 1.82) is 0 Å². The Bertz CT molecular complexity index is 718. The monoisotopic (exact) mass is 302 g/mol. The van der Waals surface area contributed by atoms with E-state index in [1.54, 1.807) is 0 Å². The minimum Gasteiger partial charge on any atom is -0.359 e. The zero-order chi connectivity index (χ0) is 15.7. The van der Waals surface area contributed by atoms with Crippen LogP contribution in [0.4, 0.5) is 20.2 Å². The number of carbonyl (C=O) groups is 1. The summed E-state index contributed by atoms with van der Waals surface area (Å²) in [7, 11) is 0. The first-order valence-electron chi connectivity index (χ1n) is 7.14. The number of rotatable bonds is 3. The molecule has 0 bridgehead atoms. The van der Waals surface area contributed by atoms with Gasteiger partial charge in [0.2, 0.25) is 5.91 Å². The Morgan fingerprint density at radius 1 is 1.27 bits per heavy atom. The molecule has 1 N–H and O–H groups in total. The van der Waals surface area contributed by atoms with Crippen LogP contribution in [0.25, 0.3) is 0 Å². The molecule has 3 rings (SSSR count). The molecule has 2 aromatic rings. The summed E-state index contributed by atoms with van der Waals surface area (Å²) in [5.41, 5.74) is 2.08. The number of fused-ring (bicyclic) bond motifs is 1. The lowest BCUT2D eigenvalue weighted by Gasteiger charge is -2.24. The zero-order valence-electron chi connectivity index (χ0n) is 12.1. The predicted octanol–water partition coefficient (Wildman–Crippen LogP) is 3.35. The van der Waals surface area contributed by atoms with Crippen LogP contribution in [0.5, 0.6) is 0 Å². The summed E-state index contributed by atoms with van der Waals surface area (Å²) in [6.45, 7) is 2.14. The van der Waals surface area contributed by atoms with Crippen molar-refractivity contribution in [2.45, 2.75) is 19.4 Å². The Morgan fingerprint density at radius 3 is 2.86 bits per heavy atom. The summed E-state index contributed by atoms with van der Waals surface area (Å²) in [4.78, 5) is 14.1. The summed E-state index contributed by atoms with van der Waals surface area (Å²) in [5, 5.41) is 2.43. The molecule has 0 saturated carbocycles. The van der Waals surface area contributed by atoms with E-state index in [9.17, 15) is 13.6 Å². The number of amides is 1. The third-order valence-corrected chi connectivity index (χ3v) is 3.86. The second-order valence-corrected chi connectivity index (χ2v) is 5.48. The number of anilines is 2. The summed E-state index contributed by atoms with van der Waals surface area (Å²) in [6.07, 6.45) is 0.873. The number of carbonyl (C=O) groups excluding carboxylic acids is 1. The fraction of sp³-hybridized carbons (Fsp3) is 0.235. The van der Waals surface area contributed by atoms with E-state index in [0.29, 0.717) is 0 Å². The topological polar surface area (TPSA) is 32.3 Å². The number of nitrogens with one attached hydrogen (secondary N) is 1. The molecule has 0 unspecified atom stereocenters. The molecule has 22 heavy (non-hydrogen) atoms. The molecule has 3 nitrogen and oxygen atoms in total. The van der Waals surface area contributed by atoms with Gasteiger partial charge in [0.25, 0.3) is 0 Å². The molecule has 1 aliphatic rings. The van der Waals surface area contributed by atoms with E-state index in [4.69, 9.17) is 0 Å². The molecule has 1 amide bonds. The molecule has 5 heteroatoms. The van der Waals surface area contributed by atoms with Gasteiger partial charge in [0.1, 0.15) is 11.6 Å². The van der Waals surface area contributed by atoms with Gasteiger partial charge in [-0.2, -0.15) is 0 Å². The molecule has 0 aromatic heterocycles. The van der Waals surface area contributed by atoms with Crippen molar-refractivity contribution in [3.05, 3.63) is 59.7 Å². The average Bonchev–Trinajstić information content (AvgIpc) is 2.79. The molecule has 0 saturated heterocycles. The number of hydrogen-bond acceptors (Lipinski definition) is 2. The number of nitrogens with zero attached hydrogens (tertiary/aromatic N) is 1. The van der Waals surface area contributed by atoms with E-state index in [1.165, 1.54) is 5.56 Å². The van der Waals surface area contributed by atoms with Gasteiger partial charge in [-0.25, -0.2) is 8.78 Å². The third-order valence-electron chi connectivity index (χ3n) is 3.86. The predicted molar refractivity (Wildman–Crippen MR) is 81.9 cm³/mol. The van der Waals surface area contributed by atoms with Crippen LogP contribution in [-0.4, -0.2) is 18.5 Å². The minimum atomic E-state index is -0.648. The van der Waals surface area contributed by atoms with Gasteiger partial charge in [0.05, 0.1) is 12.2 Å². The molecule has 114 valence electrons. The second kappa shape index (κ2) is 5.75. The summed E-state index contributed by atoms with van der Waals surface area (Å²) in [6, 6.07) is 11.1. The van der Waals surface area contributed by atoms with Crippen LogP contribution in [0.2, 0.25) is 0 Å². The van der Waals surface area contributed by atoms with Crippen molar-refractivity contribution in [3.8, 4) is 0 Å². The lowest BCUT2D eigenvalue weighted by Crippen LogP contribution is -2.37. The fourth-order valence-electron chi connectivity index (χ4n) is 2.81. The molecular formula is C17H16F2N2O. The minimum absolute atomic E-state index is 0.105. The average molecular weight is 302 g/mol. The highest BCUT2D eigenvalue weighted by atomic mass is 19.1. The summed E-state index contributed by atoms with van der Waals surface area (Å²) in [5.74, 6) is -1.60. The van der Waals surface area contributed by atoms with E-state index >= 15 is 0 Å². The van der Waals surface area contributed by atoms with Crippen LogP contribution < -0.4 is 10.2 Å². The van der Waals surface area contributed by atoms with E-state index in [-0.39, 0.29) is 24.2 Å². The van der Waals surface area contributed by atoms with Crippen molar-refractivity contribution in [2.75, 3.05) is 16.8 Å². The van der Waals surface area contributed by atoms with Gasteiger partial charge >= 0.3 is 0 Å². The maximum absolute atomic E-state index is 13.6. The van der Waals surface area contributed by atoms with Crippen molar-refractivity contribution < 1.29 is 13.6 Å². The molecule has 1 atom stereocenters. The third kappa shape index (κ3) is 2.79. The Hall–Kier alpha value is -2.43. The maximum atomic E-state index is 13.6. The second-order valence-electron chi connectivity index (χ2n) is 5.48. The van der Waals surface area contributed by atoms with Crippen LogP contribution in [0.15, 0.2) is 42.5 Å². The van der Waals surface area contributed by atoms with Gasteiger partial charge in [0.15, 0.2) is 0 Å². The molecule has 0 fully saturated rings. The summed E-state index contributed by atoms with van der Waals surface area (Å²) >= 11 is 0. The van der Waals surface area contributed by atoms with E-state index in [0.717, 1.165) is 30.3 Å². The van der Waals surface area contributed by atoms with Crippen LogP contribution in [-0.2, 0) is 11.2 Å². The molecule has 1 heterocycles. The largest absolute Gasteiger partial charge is 0.359 e. The first-order valence-corrected chi connectivity index (χ1v) is 7.14. The molecule has 0 aliphatic carbocycles. The van der Waals surface area contributed by atoms with Crippen LogP contribution in [0, 0.1) is 11.6 Å². The lowest BCUT2D eigenvalue weighted by molar-refractivity contribution is -0.115. The highest BCUT2D eigenvalue weighted by Crippen LogP contribution is 2.31. The number of hydrogen-bond donors (Lipinski definition) is 1.